The van der Waals surface area contributed by atoms with E-state index in [1.807, 2.05) is 0 Å². The van der Waals surface area contributed by atoms with E-state index in [-0.39, 0.29) is 22.0 Å². The molecule has 3 N–H and O–H groups in total. The first-order valence-corrected chi connectivity index (χ1v) is 10.1. The van der Waals surface area contributed by atoms with Crippen molar-refractivity contribution in [1.29, 1.82) is 0 Å². The summed E-state index contributed by atoms with van der Waals surface area (Å²) in [7, 11) is -3.80. The number of aromatic nitrogens is 1. The van der Waals surface area contributed by atoms with Crippen LogP contribution in [0.2, 0.25) is 5.02 Å². The van der Waals surface area contributed by atoms with Crippen LogP contribution in [0.1, 0.15) is 21.5 Å². The molecule has 3 aromatic rings. The number of aromatic hydroxyl groups is 1. The van der Waals surface area contributed by atoms with Gasteiger partial charge in [0.1, 0.15) is 17.1 Å². The van der Waals surface area contributed by atoms with Gasteiger partial charge in [-0.25, -0.2) is 18.2 Å². The number of nitrogens with one attached hydrogen (secondary N) is 1. The van der Waals surface area contributed by atoms with Crippen LogP contribution in [0.25, 0.3) is 12.2 Å². The van der Waals surface area contributed by atoms with Crippen molar-refractivity contribution in [2.45, 2.75) is 4.90 Å². The minimum absolute atomic E-state index is 0.0594. The molecular formula is C20H15ClN2O5S. The lowest BCUT2D eigenvalue weighted by Gasteiger charge is -2.07. The molecule has 0 radical (unpaired) electrons. The fourth-order valence-electron chi connectivity index (χ4n) is 2.41. The lowest BCUT2D eigenvalue weighted by Crippen LogP contribution is -2.13. The molecule has 1 heterocycles. The summed E-state index contributed by atoms with van der Waals surface area (Å²) in [5.74, 6) is -1.39. The van der Waals surface area contributed by atoms with Gasteiger partial charge in [0.15, 0.2) is 0 Å². The van der Waals surface area contributed by atoms with Crippen LogP contribution < -0.4 is 4.72 Å². The Hall–Kier alpha value is -3.36. The number of nitrogens with zero attached hydrogens (tertiary/aromatic N) is 1. The van der Waals surface area contributed by atoms with Crippen molar-refractivity contribution in [3.8, 4) is 5.75 Å². The van der Waals surface area contributed by atoms with E-state index < -0.39 is 16.0 Å². The van der Waals surface area contributed by atoms with E-state index in [1.54, 1.807) is 30.4 Å². The van der Waals surface area contributed by atoms with Crippen molar-refractivity contribution in [3.05, 3.63) is 82.5 Å². The summed E-state index contributed by atoms with van der Waals surface area (Å²) in [5.41, 5.74) is 1.08. The van der Waals surface area contributed by atoms with Crippen LogP contribution >= 0.6 is 11.6 Å². The number of sulfonamides is 1. The summed E-state index contributed by atoms with van der Waals surface area (Å²) in [5, 5.41) is 19.0. The van der Waals surface area contributed by atoms with Crippen LogP contribution in [0.4, 0.5) is 5.82 Å². The maximum Gasteiger partial charge on any atom is 0.339 e. The minimum Gasteiger partial charge on any atom is -0.507 e. The van der Waals surface area contributed by atoms with Crippen LogP contribution in [0.3, 0.4) is 0 Å². The molecule has 1 aromatic heterocycles. The first kappa shape index (κ1) is 20.4. The zero-order valence-corrected chi connectivity index (χ0v) is 16.4. The van der Waals surface area contributed by atoms with Crippen molar-refractivity contribution in [1.82, 2.24) is 4.98 Å². The molecule has 7 nitrogen and oxygen atoms in total. The summed E-state index contributed by atoms with van der Waals surface area (Å²) >= 11 is 5.74. The number of aromatic carboxylic acids is 1. The van der Waals surface area contributed by atoms with Gasteiger partial charge < -0.3 is 10.2 Å². The molecule has 0 aliphatic rings. The highest BCUT2D eigenvalue weighted by molar-refractivity contribution is 7.92. The lowest BCUT2D eigenvalue weighted by molar-refractivity contribution is 0.0693. The number of anilines is 1. The topological polar surface area (TPSA) is 117 Å². The molecule has 9 heteroatoms. The van der Waals surface area contributed by atoms with Crippen LogP contribution in [0.5, 0.6) is 5.75 Å². The van der Waals surface area contributed by atoms with Gasteiger partial charge in [0.05, 0.1) is 9.92 Å². The van der Waals surface area contributed by atoms with Gasteiger partial charge in [-0.1, -0.05) is 42.0 Å². The van der Waals surface area contributed by atoms with Crippen LogP contribution in [-0.4, -0.2) is 29.6 Å². The Balaban J connectivity index is 1.76. The number of carbonyl (C=O) groups is 1. The molecule has 0 fully saturated rings. The Bertz CT molecular complexity index is 1170. The van der Waals surface area contributed by atoms with E-state index in [2.05, 4.69) is 9.71 Å². The van der Waals surface area contributed by atoms with Gasteiger partial charge in [0, 0.05) is 6.20 Å². The number of hydrogen-bond donors (Lipinski definition) is 3. The number of benzene rings is 2. The third-order valence-corrected chi connectivity index (χ3v) is 5.47. The standard InChI is InChI=1S/C20H15ClN2O5S/c21-15-6-10-19(22-12-15)23-29(27,28)16-7-3-13(4-8-16)1-2-14-5-9-18(24)17(11-14)20(25)26/h1-12,24H,(H,22,23)(H,25,26). The fourth-order valence-corrected chi connectivity index (χ4v) is 3.53. The van der Waals surface area contributed by atoms with Crippen LogP contribution in [-0.2, 0) is 10.0 Å². The molecule has 148 valence electrons. The van der Waals surface area contributed by atoms with E-state index in [9.17, 15) is 18.3 Å². The Kier molecular flexibility index (Phi) is 5.86. The number of carboxylic acids is 1. The molecule has 0 unspecified atom stereocenters. The van der Waals surface area contributed by atoms with Crippen molar-refractivity contribution in [3.63, 3.8) is 0 Å². The molecular weight excluding hydrogens is 416 g/mol. The van der Waals surface area contributed by atoms with Gasteiger partial charge in [-0.2, -0.15) is 0 Å². The van der Waals surface area contributed by atoms with Crippen molar-refractivity contribution in [2.75, 3.05) is 4.72 Å². The van der Waals surface area contributed by atoms with Crippen molar-refractivity contribution >= 4 is 45.6 Å². The van der Waals surface area contributed by atoms with Crippen molar-refractivity contribution < 1.29 is 23.4 Å². The summed E-state index contributed by atoms with van der Waals surface area (Å²) in [6, 6.07) is 13.3. The highest BCUT2D eigenvalue weighted by atomic mass is 35.5. The third-order valence-electron chi connectivity index (χ3n) is 3.88. The fraction of sp³-hybridized carbons (Fsp3) is 0. The van der Waals surface area contributed by atoms with E-state index in [1.165, 1.54) is 42.6 Å². The third kappa shape index (κ3) is 5.13. The number of carboxylic acid groups (broad SMARTS) is 1. The average molecular weight is 431 g/mol. The first-order chi connectivity index (χ1) is 13.7. The molecule has 0 saturated carbocycles. The second kappa shape index (κ2) is 8.34. The lowest BCUT2D eigenvalue weighted by atomic mass is 10.1. The van der Waals surface area contributed by atoms with Gasteiger partial charge in [0.2, 0.25) is 0 Å². The number of hydrogen-bond acceptors (Lipinski definition) is 5. The zero-order chi connectivity index (χ0) is 21.0. The minimum atomic E-state index is -3.80. The smallest absolute Gasteiger partial charge is 0.339 e. The number of rotatable bonds is 6. The van der Waals surface area contributed by atoms with E-state index in [0.29, 0.717) is 16.1 Å². The summed E-state index contributed by atoms with van der Waals surface area (Å²) in [6.07, 6.45) is 4.69. The summed E-state index contributed by atoms with van der Waals surface area (Å²) in [6.45, 7) is 0. The largest absolute Gasteiger partial charge is 0.507 e. The molecule has 0 bridgehead atoms. The zero-order valence-electron chi connectivity index (χ0n) is 14.8. The normalized spacial score (nSPS) is 11.5. The molecule has 29 heavy (non-hydrogen) atoms. The van der Waals surface area contributed by atoms with Crippen molar-refractivity contribution in [2.24, 2.45) is 0 Å². The molecule has 2 aromatic carbocycles. The Morgan fingerprint density at radius 3 is 2.28 bits per heavy atom. The second-order valence-corrected chi connectivity index (χ2v) is 8.07. The van der Waals surface area contributed by atoms with Gasteiger partial charge >= 0.3 is 5.97 Å². The van der Waals surface area contributed by atoms with Gasteiger partial charge in [-0.05, 0) is 47.5 Å². The van der Waals surface area contributed by atoms with Crippen LogP contribution in [0, 0.1) is 0 Å². The molecule has 0 aliphatic carbocycles. The maximum atomic E-state index is 12.4. The molecule has 0 saturated heterocycles. The predicted octanol–water partition coefficient (Wildman–Crippen LogP) is 4.11. The summed E-state index contributed by atoms with van der Waals surface area (Å²) < 4.78 is 27.2. The molecule has 0 amide bonds. The quantitative estimate of drug-likeness (QED) is 0.506. The van der Waals surface area contributed by atoms with Crippen LogP contribution in [0.15, 0.2) is 65.7 Å². The number of halogens is 1. The molecule has 0 atom stereocenters. The molecule has 0 spiro atoms. The van der Waals surface area contributed by atoms with Gasteiger partial charge in [-0.3, -0.25) is 4.72 Å². The highest BCUT2D eigenvalue weighted by Gasteiger charge is 2.14. The summed E-state index contributed by atoms with van der Waals surface area (Å²) in [4.78, 5) is 15.0. The molecule has 0 aliphatic heterocycles. The first-order valence-electron chi connectivity index (χ1n) is 8.23. The van der Waals surface area contributed by atoms with Gasteiger partial charge in [-0.15, -0.1) is 0 Å². The van der Waals surface area contributed by atoms with E-state index >= 15 is 0 Å². The van der Waals surface area contributed by atoms with E-state index in [4.69, 9.17) is 16.7 Å². The number of pyridine rings is 1. The average Bonchev–Trinajstić information content (AvgIpc) is 2.69. The Morgan fingerprint density at radius 1 is 1.00 bits per heavy atom. The second-order valence-electron chi connectivity index (χ2n) is 5.95. The number of phenols is 1. The monoisotopic (exact) mass is 430 g/mol. The Morgan fingerprint density at radius 2 is 1.66 bits per heavy atom. The Labute approximate surface area is 172 Å². The predicted molar refractivity (Wildman–Crippen MR) is 110 cm³/mol. The highest BCUT2D eigenvalue weighted by Crippen LogP contribution is 2.21. The maximum absolute atomic E-state index is 12.4. The molecule has 3 rings (SSSR count). The van der Waals surface area contributed by atoms with E-state index in [0.717, 1.165) is 0 Å². The SMILES string of the molecule is O=C(O)c1cc(C=Cc2ccc(S(=O)(=O)Nc3ccc(Cl)cn3)cc2)ccc1O. The van der Waals surface area contributed by atoms with Gasteiger partial charge in [0.25, 0.3) is 10.0 Å².